The number of hydrogen-bond donors (Lipinski definition) is 3. The first kappa shape index (κ1) is 26.3. The summed E-state index contributed by atoms with van der Waals surface area (Å²) in [4.78, 5) is 33.4. The predicted octanol–water partition coefficient (Wildman–Crippen LogP) is 4.55. The molecule has 1 saturated carbocycles. The quantitative estimate of drug-likeness (QED) is 0.446. The Morgan fingerprint density at radius 2 is 1.82 bits per heavy atom. The number of benzene rings is 2. The first-order valence-corrected chi connectivity index (χ1v) is 13.6. The van der Waals surface area contributed by atoms with E-state index in [-0.39, 0.29) is 30.6 Å². The molecule has 8 nitrogen and oxygen atoms in total. The Balaban J connectivity index is 1.40. The van der Waals surface area contributed by atoms with Gasteiger partial charge in [0.25, 0.3) is 0 Å². The second-order valence-electron chi connectivity index (χ2n) is 10.6. The van der Waals surface area contributed by atoms with Gasteiger partial charge in [-0.25, -0.2) is 9.78 Å². The lowest BCUT2D eigenvalue weighted by Gasteiger charge is -2.36. The van der Waals surface area contributed by atoms with Crippen molar-refractivity contribution in [1.82, 2.24) is 19.8 Å². The summed E-state index contributed by atoms with van der Waals surface area (Å²) < 4.78 is 2.09. The zero-order valence-corrected chi connectivity index (χ0v) is 22.7. The van der Waals surface area contributed by atoms with Crippen LogP contribution in [0.15, 0.2) is 48.8 Å². The Hall–Kier alpha value is -3.36. The minimum atomic E-state index is -0.658. The van der Waals surface area contributed by atoms with Gasteiger partial charge >= 0.3 is 6.03 Å². The van der Waals surface area contributed by atoms with Crippen molar-refractivity contribution in [2.45, 2.75) is 77.2 Å². The molecule has 0 radical (unpaired) electrons. The second kappa shape index (κ2) is 11.2. The van der Waals surface area contributed by atoms with Crippen LogP contribution in [-0.2, 0) is 24.3 Å². The van der Waals surface area contributed by atoms with Crippen LogP contribution in [-0.4, -0.2) is 44.5 Å². The van der Waals surface area contributed by atoms with Crippen molar-refractivity contribution in [1.29, 1.82) is 0 Å². The number of anilines is 1. The van der Waals surface area contributed by atoms with Gasteiger partial charge in [-0.15, -0.1) is 0 Å². The normalized spacial score (nSPS) is 21.1. The van der Waals surface area contributed by atoms with Crippen molar-refractivity contribution in [2.75, 3.05) is 5.32 Å². The van der Waals surface area contributed by atoms with E-state index in [9.17, 15) is 9.59 Å². The number of urea groups is 1. The maximum absolute atomic E-state index is 13.6. The Morgan fingerprint density at radius 3 is 2.55 bits per heavy atom. The van der Waals surface area contributed by atoms with Crippen LogP contribution in [0.25, 0.3) is 0 Å². The fourth-order valence-electron chi connectivity index (χ4n) is 5.39. The topological polar surface area (TPSA) is 105 Å². The highest BCUT2D eigenvalue weighted by molar-refractivity contribution is 6.30. The first-order chi connectivity index (χ1) is 18.3. The lowest BCUT2D eigenvalue weighted by molar-refractivity contribution is -0.126. The molecular weight excluding hydrogens is 500 g/mol. The van der Waals surface area contributed by atoms with E-state index in [1.165, 1.54) is 16.7 Å². The Morgan fingerprint density at radius 1 is 1.08 bits per heavy atom. The lowest BCUT2D eigenvalue weighted by atomic mass is 9.91. The maximum Gasteiger partial charge on any atom is 0.322 e. The predicted molar refractivity (Wildman–Crippen MR) is 149 cm³/mol. The van der Waals surface area contributed by atoms with Gasteiger partial charge in [0.05, 0.1) is 24.3 Å². The largest absolute Gasteiger partial charge is 0.352 e. The number of amides is 3. The molecule has 2 heterocycles. The summed E-state index contributed by atoms with van der Waals surface area (Å²) in [7, 11) is 0. The molecule has 1 aromatic heterocycles. The summed E-state index contributed by atoms with van der Waals surface area (Å²) in [5, 5.41) is 6.72. The van der Waals surface area contributed by atoms with E-state index in [1.807, 2.05) is 6.33 Å². The minimum absolute atomic E-state index is 0.0757. The van der Waals surface area contributed by atoms with E-state index in [2.05, 4.69) is 52.2 Å². The highest BCUT2D eigenvalue weighted by Gasteiger charge is 2.38. The minimum Gasteiger partial charge on any atom is -0.352 e. The standard InChI is InChI=1S/C29H35ClN6O2/c1-18-3-4-19(2)20(13-18)15-35-17-32-25-14-26(28(37)33-23-11-7-22(31)8-12-23)36(16-27(25)35)29(38)34-24-9-5-21(30)6-10-24/h3-6,9-10,13,17,22-23,26H,7-8,11-12,14-16,31H2,1-2H3,(H,33,37)(H,34,38). The summed E-state index contributed by atoms with van der Waals surface area (Å²) in [6, 6.07) is 12.6. The van der Waals surface area contributed by atoms with Crippen molar-refractivity contribution < 1.29 is 9.59 Å². The van der Waals surface area contributed by atoms with E-state index in [0.29, 0.717) is 23.7 Å². The summed E-state index contributed by atoms with van der Waals surface area (Å²) in [5.41, 5.74) is 12.1. The molecular formula is C29H35ClN6O2. The number of fused-ring (bicyclic) bond motifs is 1. The number of hydrogen-bond acceptors (Lipinski definition) is 4. The number of rotatable bonds is 5. The molecule has 0 spiro atoms. The van der Waals surface area contributed by atoms with Crippen LogP contribution in [0.5, 0.6) is 0 Å². The molecule has 1 atom stereocenters. The number of nitrogens with zero attached hydrogens (tertiary/aromatic N) is 3. The number of nitrogens with one attached hydrogen (secondary N) is 2. The Labute approximate surface area is 228 Å². The number of halogens is 1. The molecule has 1 aliphatic carbocycles. The first-order valence-electron chi connectivity index (χ1n) is 13.2. The Bertz CT molecular complexity index is 1310. The molecule has 5 rings (SSSR count). The zero-order valence-electron chi connectivity index (χ0n) is 21.9. The fourth-order valence-corrected chi connectivity index (χ4v) is 5.52. The number of nitrogens with two attached hydrogens (primary N) is 1. The third-order valence-electron chi connectivity index (χ3n) is 7.74. The van der Waals surface area contributed by atoms with E-state index >= 15 is 0 Å². The van der Waals surface area contributed by atoms with Gasteiger partial charge in [0, 0.05) is 35.8 Å². The van der Waals surface area contributed by atoms with E-state index in [1.54, 1.807) is 29.2 Å². The van der Waals surface area contributed by atoms with Gasteiger partial charge in [0.1, 0.15) is 6.04 Å². The van der Waals surface area contributed by atoms with Gasteiger partial charge in [-0.3, -0.25) is 4.79 Å². The SMILES string of the molecule is Cc1ccc(C)c(Cn2cnc3c2CN(C(=O)Nc2ccc(Cl)cc2)C(C(=O)NC2CCC(N)CC2)C3)c1. The van der Waals surface area contributed by atoms with Crippen LogP contribution in [0, 0.1) is 13.8 Å². The smallest absolute Gasteiger partial charge is 0.322 e. The van der Waals surface area contributed by atoms with Crippen LogP contribution < -0.4 is 16.4 Å². The van der Waals surface area contributed by atoms with E-state index in [0.717, 1.165) is 37.1 Å². The summed E-state index contributed by atoms with van der Waals surface area (Å²) in [6.45, 7) is 5.12. The molecule has 0 saturated heterocycles. The van der Waals surface area contributed by atoms with Gasteiger partial charge in [-0.1, -0.05) is 35.4 Å². The molecule has 38 heavy (non-hydrogen) atoms. The number of aromatic nitrogens is 2. The average Bonchev–Trinajstić information content (AvgIpc) is 3.29. The molecule has 1 fully saturated rings. The molecule has 2 aliphatic rings. The fraction of sp³-hybridized carbons (Fsp3) is 0.414. The van der Waals surface area contributed by atoms with Crippen LogP contribution in [0.3, 0.4) is 0 Å². The average molecular weight is 535 g/mol. The maximum atomic E-state index is 13.6. The van der Waals surface area contributed by atoms with Gasteiger partial charge < -0.3 is 25.8 Å². The van der Waals surface area contributed by atoms with Crippen LogP contribution in [0.1, 0.15) is 53.8 Å². The lowest BCUT2D eigenvalue weighted by Crippen LogP contribution is -2.56. The summed E-state index contributed by atoms with van der Waals surface area (Å²) in [6.07, 6.45) is 5.68. The van der Waals surface area contributed by atoms with Gasteiger partial charge in [0.15, 0.2) is 0 Å². The van der Waals surface area contributed by atoms with E-state index in [4.69, 9.17) is 17.3 Å². The third-order valence-corrected chi connectivity index (χ3v) is 7.99. The number of aryl methyl sites for hydroxylation is 2. The highest BCUT2D eigenvalue weighted by Crippen LogP contribution is 2.27. The van der Waals surface area contributed by atoms with Crippen molar-refractivity contribution in [3.63, 3.8) is 0 Å². The Kier molecular flexibility index (Phi) is 7.72. The highest BCUT2D eigenvalue weighted by atomic mass is 35.5. The summed E-state index contributed by atoms with van der Waals surface area (Å²) in [5.74, 6) is -0.147. The van der Waals surface area contributed by atoms with Gasteiger partial charge in [-0.05, 0) is 74.9 Å². The molecule has 0 bridgehead atoms. The van der Waals surface area contributed by atoms with Crippen molar-refractivity contribution in [3.05, 3.63) is 81.9 Å². The van der Waals surface area contributed by atoms with Crippen molar-refractivity contribution >= 4 is 29.2 Å². The zero-order chi connectivity index (χ0) is 26.8. The third kappa shape index (κ3) is 5.87. The molecule has 1 unspecified atom stereocenters. The van der Waals surface area contributed by atoms with Crippen LogP contribution in [0.2, 0.25) is 5.02 Å². The molecule has 4 N–H and O–H groups in total. The molecule has 3 amide bonds. The van der Waals surface area contributed by atoms with Crippen molar-refractivity contribution in [3.8, 4) is 0 Å². The molecule has 9 heteroatoms. The number of imidazole rings is 1. The molecule has 2 aromatic carbocycles. The number of carbonyl (C=O) groups is 2. The van der Waals surface area contributed by atoms with Gasteiger partial charge in [-0.2, -0.15) is 0 Å². The molecule has 200 valence electrons. The summed E-state index contributed by atoms with van der Waals surface area (Å²) >= 11 is 6.02. The molecule has 3 aromatic rings. The molecule has 1 aliphatic heterocycles. The monoisotopic (exact) mass is 534 g/mol. The number of carbonyl (C=O) groups excluding carboxylic acids is 2. The van der Waals surface area contributed by atoms with Crippen LogP contribution in [0.4, 0.5) is 10.5 Å². The van der Waals surface area contributed by atoms with Gasteiger partial charge in [0.2, 0.25) is 5.91 Å². The van der Waals surface area contributed by atoms with Crippen molar-refractivity contribution in [2.24, 2.45) is 5.73 Å². The second-order valence-corrected chi connectivity index (χ2v) is 11.0. The van der Waals surface area contributed by atoms with Crippen LogP contribution >= 0.6 is 11.6 Å². The van der Waals surface area contributed by atoms with E-state index < -0.39 is 6.04 Å².